The molecule has 0 unspecified atom stereocenters. The highest BCUT2D eigenvalue weighted by molar-refractivity contribution is 7.45. The van der Waals surface area contributed by atoms with Crippen LogP contribution in [0, 0.1) is 0 Å². The zero-order valence-corrected chi connectivity index (χ0v) is 15.5. The summed E-state index contributed by atoms with van der Waals surface area (Å²) in [6.45, 7) is 1.92. The molecular weight excluding hydrogens is 412 g/mol. The summed E-state index contributed by atoms with van der Waals surface area (Å²) < 4.78 is 25.1. The summed E-state index contributed by atoms with van der Waals surface area (Å²) in [6.07, 6.45) is 2.56. The number of aliphatic hydroxyl groups is 1. The minimum absolute atomic E-state index is 0.0200. The van der Waals surface area contributed by atoms with Gasteiger partial charge in [-0.3, -0.25) is 4.57 Å². The van der Waals surface area contributed by atoms with Gasteiger partial charge < -0.3 is 44.9 Å². The molecule has 27 heavy (non-hydrogen) atoms. The Morgan fingerprint density at radius 3 is 2.07 bits per heavy atom. The van der Waals surface area contributed by atoms with E-state index in [0.29, 0.717) is 23.4 Å². The summed E-state index contributed by atoms with van der Waals surface area (Å²) >= 11 is 0. The third kappa shape index (κ3) is 8.81. The topological polar surface area (TPSA) is 255 Å². The molecule has 3 rings (SSSR count). The predicted molar refractivity (Wildman–Crippen MR) is 88.5 cm³/mol. The van der Waals surface area contributed by atoms with Crippen molar-refractivity contribution in [2.45, 2.75) is 31.8 Å². The van der Waals surface area contributed by atoms with E-state index >= 15 is 0 Å². The van der Waals surface area contributed by atoms with Crippen LogP contribution < -0.4 is 5.73 Å². The molecule has 9 N–H and O–H groups in total. The van der Waals surface area contributed by atoms with Crippen LogP contribution >= 0.6 is 15.6 Å². The maximum absolute atomic E-state index is 9.91. The lowest BCUT2D eigenvalue weighted by Crippen LogP contribution is -2.19. The number of nitrogens with two attached hydrogens (primary N) is 1. The number of fused-ring (bicyclic) bond motifs is 1. The molecule has 0 aromatic carbocycles. The smallest absolute Gasteiger partial charge is 0.388 e. The Bertz CT molecular complexity index is 813. The van der Waals surface area contributed by atoms with Gasteiger partial charge in [0.2, 0.25) is 0 Å². The number of hydrogen-bond donors (Lipinski definition) is 8. The van der Waals surface area contributed by atoms with Crippen LogP contribution in [0.2, 0.25) is 0 Å². The number of aromatic nitrogens is 4. The average Bonchev–Trinajstić information content (AvgIpc) is 2.99. The van der Waals surface area contributed by atoms with E-state index in [1.807, 2.05) is 6.92 Å². The zero-order valence-electron chi connectivity index (χ0n) is 13.7. The monoisotopic (exact) mass is 431 g/mol. The molecule has 1 saturated heterocycles. The van der Waals surface area contributed by atoms with Crippen molar-refractivity contribution in [2.24, 2.45) is 0 Å². The Morgan fingerprint density at radius 1 is 1.11 bits per heavy atom. The van der Waals surface area contributed by atoms with Gasteiger partial charge in [-0.15, -0.1) is 0 Å². The SMILES string of the molecule is C[C@H]1C[C@@H](O)[C@H](n2cnc3c(N)ncnc32)O1.O=P(O)(O)O.O=P(O)(O)O. The molecule has 17 heteroatoms. The van der Waals surface area contributed by atoms with Gasteiger partial charge in [-0.2, -0.15) is 0 Å². The fourth-order valence-electron chi connectivity index (χ4n) is 2.15. The van der Waals surface area contributed by atoms with Crippen molar-refractivity contribution in [3.63, 3.8) is 0 Å². The van der Waals surface area contributed by atoms with E-state index in [1.165, 1.54) is 6.33 Å². The molecule has 154 valence electrons. The van der Waals surface area contributed by atoms with Crippen LogP contribution in [0.5, 0.6) is 0 Å². The first-order valence-corrected chi connectivity index (χ1v) is 10.1. The fraction of sp³-hybridized carbons (Fsp3) is 0.500. The number of phosphoric acid groups is 2. The lowest BCUT2D eigenvalue weighted by atomic mass is 10.2. The molecular formula is C10H19N5O10P2. The maximum Gasteiger partial charge on any atom is 0.466 e. The molecule has 0 spiro atoms. The van der Waals surface area contributed by atoms with Crippen LogP contribution in [0.1, 0.15) is 19.6 Å². The van der Waals surface area contributed by atoms with Crippen molar-refractivity contribution in [2.75, 3.05) is 5.73 Å². The zero-order chi connectivity index (χ0) is 21.0. The molecule has 3 heterocycles. The van der Waals surface area contributed by atoms with E-state index in [-0.39, 0.29) is 6.10 Å². The van der Waals surface area contributed by atoms with E-state index in [2.05, 4.69) is 15.0 Å². The van der Waals surface area contributed by atoms with Gasteiger partial charge in [0.15, 0.2) is 17.7 Å². The third-order valence-electron chi connectivity index (χ3n) is 2.94. The molecule has 15 nitrogen and oxygen atoms in total. The average molecular weight is 431 g/mol. The summed E-state index contributed by atoms with van der Waals surface area (Å²) in [6, 6.07) is 0. The van der Waals surface area contributed by atoms with Crippen molar-refractivity contribution in [1.29, 1.82) is 0 Å². The van der Waals surface area contributed by atoms with E-state index in [1.54, 1.807) is 10.9 Å². The van der Waals surface area contributed by atoms with Crippen molar-refractivity contribution in [3.8, 4) is 0 Å². The van der Waals surface area contributed by atoms with Gasteiger partial charge in [-0.25, -0.2) is 24.1 Å². The normalized spacial score (nSPS) is 22.6. The van der Waals surface area contributed by atoms with Crippen LogP contribution in [0.15, 0.2) is 12.7 Å². The van der Waals surface area contributed by atoms with Gasteiger partial charge in [-0.1, -0.05) is 0 Å². The molecule has 0 aliphatic carbocycles. The lowest BCUT2D eigenvalue weighted by molar-refractivity contribution is -0.0297. The number of hydrogen-bond acceptors (Lipinski definition) is 8. The molecule has 1 fully saturated rings. The van der Waals surface area contributed by atoms with Crippen molar-refractivity contribution in [1.82, 2.24) is 19.5 Å². The molecule has 0 bridgehead atoms. The Hall–Kier alpha value is -1.51. The minimum atomic E-state index is -4.64. The van der Waals surface area contributed by atoms with Gasteiger partial charge in [0.1, 0.15) is 17.9 Å². The Labute approximate surface area is 151 Å². The molecule has 3 atom stereocenters. The highest BCUT2D eigenvalue weighted by Crippen LogP contribution is 2.31. The summed E-state index contributed by atoms with van der Waals surface area (Å²) in [7, 11) is -9.28. The Morgan fingerprint density at radius 2 is 1.63 bits per heavy atom. The number of rotatable bonds is 1. The lowest BCUT2D eigenvalue weighted by Gasteiger charge is -2.15. The van der Waals surface area contributed by atoms with Gasteiger partial charge in [0.05, 0.1) is 12.4 Å². The summed E-state index contributed by atoms with van der Waals surface area (Å²) in [4.78, 5) is 55.3. The second-order valence-corrected chi connectivity index (χ2v) is 7.30. The molecule has 1 aliphatic heterocycles. The largest absolute Gasteiger partial charge is 0.466 e. The number of imidazole rings is 1. The van der Waals surface area contributed by atoms with E-state index in [9.17, 15) is 5.11 Å². The van der Waals surface area contributed by atoms with E-state index in [0.717, 1.165) is 0 Å². The maximum atomic E-state index is 9.91. The van der Waals surface area contributed by atoms with E-state index in [4.69, 9.17) is 49.0 Å². The molecule has 0 amide bonds. The van der Waals surface area contributed by atoms with Gasteiger partial charge in [0.25, 0.3) is 0 Å². The number of nitrogen functional groups attached to an aromatic ring is 1. The van der Waals surface area contributed by atoms with Crippen LogP contribution in [-0.2, 0) is 13.9 Å². The highest BCUT2D eigenvalue weighted by Gasteiger charge is 2.33. The van der Waals surface area contributed by atoms with Crippen molar-refractivity contribution >= 4 is 32.6 Å². The standard InChI is InChI=1S/C10H13N5O2.2H3O4P/c1-5-2-6(16)10(17-5)15-4-14-7-8(11)12-3-13-9(7)15;2*1-5(2,3)4/h3-6,10,16H,2H2,1H3,(H2,11,12,13);2*(H3,1,2,3,4)/t5-,6+,10+;;/m0../s1. The first-order valence-electron chi connectivity index (χ1n) is 7.00. The van der Waals surface area contributed by atoms with Crippen LogP contribution in [-0.4, -0.2) is 66.2 Å². The molecule has 0 saturated carbocycles. The Kier molecular flexibility index (Phi) is 7.95. The van der Waals surface area contributed by atoms with Gasteiger partial charge >= 0.3 is 15.6 Å². The quantitative estimate of drug-likeness (QED) is 0.232. The number of ether oxygens (including phenoxy) is 1. The fourth-order valence-corrected chi connectivity index (χ4v) is 2.15. The predicted octanol–water partition coefficient (Wildman–Crippen LogP) is -1.78. The van der Waals surface area contributed by atoms with Crippen LogP contribution in [0.4, 0.5) is 5.82 Å². The second kappa shape index (κ2) is 9.12. The van der Waals surface area contributed by atoms with Crippen molar-refractivity contribution < 1.29 is 48.3 Å². The molecule has 2 aromatic rings. The van der Waals surface area contributed by atoms with E-state index < -0.39 is 28.0 Å². The third-order valence-corrected chi connectivity index (χ3v) is 2.94. The number of anilines is 1. The first-order chi connectivity index (χ1) is 12.2. The summed E-state index contributed by atoms with van der Waals surface area (Å²) in [5, 5.41) is 9.91. The summed E-state index contributed by atoms with van der Waals surface area (Å²) in [5.41, 5.74) is 6.81. The van der Waals surface area contributed by atoms with Gasteiger partial charge in [0, 0.05) is 6.42 Å². The highest BCUT2D eigenvalue weighted by atomic mass is 31.2. The van der Waals surface area contributed by atoms with Crippen LogP contribution in [0.25, 0.3) is 11.2 Å². The summed E-state index contributed by atoms with van der Waals surface area (Å²) in [5.74, 6) is 0.328. The molecule has 1 aliphatic rings. The van der Waals surface area contributed by atoms with Gasteiger partial charge in [-0.05, 0) is 6.92 Å². The van der Waals surface area contributed by atoms with Crippen LogP contribution in [0.3, 0.4) is 0 Å². The second-order valence-electron chi connectivity index (χ2n) is 5.25. The minimum Gasteiger partial charge on any atom is -0.388 e. The molecule has 2 aromatic heterocycles. The Balaban J connectivity index is 0.000000306. The number of nitrogens with zero attached hydrogens (tertiary/aromatic N) is 4. The molecule has 0 radical (unpaired) electrons. The number of aliphatic hydroxyl groups excluding tert-OH is 1. The van der Waals surface area contributed by atoms with Crippen molar-refractivity contribution in [3.05, 3.63) is 12.7 Å². The first kappa shape index (κ1) is 23.5.